The van der Waals surface area contributed by atoms with Gasteiger partial charge >= 0.3 is 12.1 Å². The van der Waals surface area contributed by atoms with Crippen molar-refractivity contribution in [3.8, 4) is 11.1 Å². The molecule has 3 atom stereocenters. The molecule has 2 amide bonds. The van der Waals surface area contributed by atoms with Crippen LogP contribution in [0.3, 0.4) is 0 Å². The van der Waals surface area contributed by atoms with Gasteiger partial charge in [-0.05, 0) is 35.1 Å². The van der Waals surface area contributed by atoms with E-state index in [-0.39, 0.29) is 43.4 Å². The summed E-state index contributed by atoms with van der Waals surface area (Å²) in [7, 11) is 0. The molecule has 1 saturated carbocycles. The Kier molecular flexibility index (Phi) is 6.72. The van der Waals surface area contributed by atoms with Crippen molar-refractivity contribution in [2.24, 2.45) is 5.92 Å². The van der Waals surface area contributed by atoms with E-state index in [1.807, 2.05) is 24.3 Å². The zero-order chi connectivity index (χ0) is 24.4. The van der Waals surface area contributed by atoms with Crippen molar-refractivity contribution < 1.29 is 29.0 Å². The molecule has 2 aliphatic carbocycles. The second-order valence-electron chi connectivity index (χ2n) is 9.47. The molecule has 0 radical (unpaired) electrons. The molecule has 1 unspecified atom stereocenters. The summed E-state index contributed by atoms with van der Waals surface area (Å²) in [5.74, 6) is -1.48. The highest BCUT2D eigenvalue weighted by atomic mass is 16.5. The molecule has 1 saturated heterocycles. The van der Waals surface area contributed by atoms with Crippen LogP contribution in [0.2, 0.25) is 0 Å². The average molecular weight is 479 g/mol. The number of carboxylic acid groups (broad SMARTS) is 1. The Balaban J connectivity index is 1.22. The topological polar surface area (TPSA) is 105 Å². The molecule has 3 aliphatic rings. The minimum atomic E-state index is -0.960. The van der Waals surface area contributed by atoms with Gasteiger partial charge in [-0.25, -0.2) is 4.79 Å². The van der Waals surface area contributed by atoms with Crippen LogP contribution in [0.4, 0.5) is 4.79 Å². The second-order valence-corrected chi connectivity index (χ2v) is 9.47. The lowest BCUT2D eigenvalue weighted by atomic mass is 9.98. The van der Waals surface area contributed by atoms with Crippen molar-refractivity contribution in [3.63, 3.8) is 0 Å². The van der Waals surface area contributed by atoms with Crippen LogP contribution >= 0.6 is 0 Å². The Labute approximate surface area is 204 Å². The standard InChI is InChI=1S/C27H30N2O6/c30-25(31)14-17-15-34-13-12-29(17)26(32)22-10-5-11-24(22)28-27(33)35-16-23-20-8-3-1-6-18(20)19-7-2-4-9-21(19)23/h1-4,6-9,17,22-24H,5,10-16H2,(H,28,33)(H,30,31)/t17?,22-,24+/m0/s1. The van der Waals surface area contributed by atoms with Gasteiger partial charge in [0.25, 0.3) is 0 Å². The summed E-state index contributed by atoms with van der Waals surface area (Å²) in [5, 5.41) is 12.1. The highest BCUT2D eigenvalue weighted by Gasteiger charge is 2.40. The van der Waals surface area contributed by atoms with Gasteiger partial charge in [0.2, 0.25) is 5.91 Å². The molecular weight excluding hydrogens is 448 g/mol. The number of amides is 2. The number of carbonyl (C=O) groups is 3. The molecule has 1 heterocycles. The van der Waals surface area contributed by atoms with Gasteiger partial charge in [-0.3, -0.25) is 9.59 Å². The number of nitrogens with zero attached hydrogens (tertiary/aromatic N) is 1. The van der Waals surface area contributed by atoms with Crippen LogP contribution in [-0.4, -0.2) is 66.4 Å². The Bertz CT molecular complexity index is 1070. The lowest BCUT2D eigenvalue weighted by Crippen LogP contribution is -2.54. The van der Waals surface area contributed by atoms with E-state index in [2.05, 4.69) is 29.6 Å². The molecule has 2 aromatic rings. The zero-order valence-electron chi connectivity index (χ0n) is 19.5. The number of fused-ring (bicyclic) bond motifs is 3. The van der Waals surface area contributed by atoms with Crippen LogP contribution in [0, 0.1) is 5.92 Å². The molecule has 5 rings (SSSR count). The minimum Gasteiger partial charge on any atom is -0.481 e. The fourth-order valence-electron chi connectivity index (χ4n) is 5.75. The van der Waals surface area contributed by atoms with Crippen molar-refractivity contribution in [2.45, 2.75) is 43.7 Å². The minimum absolute atomic E-state index is 0.0284. The number of ether oxygens (including phenoxy) is 2. The van der Waals surface area contributed by atoms with Gasteiger partial charge in [-0.1, -0.05) is 55.0 Å². The van der Waals surface area contributed by atoms with E-state index in [9.17, 15) is 19.5 Å². The van der Waals surface area contributed by atoms with Gasteiger partial charge in [0.1, 0.15) is 6.61 Å². The maximum atomic E-state index is 13.3. The third-order valence-corrected chi connectivity index (χ3v) is 7.40. The lowest BCUT2D eigenvalue weighted by molar-refractivity contribution is -0.149. The normalized spacial score (nSPS) is 23.4. The van der Waals surface area contributed by atoms with Crippen molar-refractivity contribution in [3.05, 3.63) is 59.7 Å². The first kappa shape index (κ1) is 23.4. The lowest BCUT2D eigenvalue weighted by Gasteiger charge is -2.37. The molecule has 2 N–H and O–H groups in total. The Morgan fingerprint density at radius 2 is 1.71 bits per heavy atom. The van der Waals surface area contributed by atoms with Crippen LogP contribution in [-0.2, 0) is 19.1 Å². The molecular formula is C27H30N2O6. The first-order chi connectivity index (χ1) is 17.0. The molecule has 0 bridgehead atoms. The predicted octanol–water partition coefficient (Wildman–Crippen LogP) is 3.40. The van der Waals surface area contributed by atoms with Gasteiger partial charge in [-0.15, -0.1) is 0 Å². The zero-order valence-corrected chi connectivity index (χ0v) is 19.5. The Morgan fingerprint density at radius 1 is 1.03 bits per heavy atom. The van der Waals surface area contributed by atoms with Gasteiger partial charge < -0.3 is 24.8 Å². The largest absolute Gasteiger partial charge is 0.481 e. The average Bonchev–Trinajstić information content (AvgIpc) is 3.45. The molecule has 2 aromatic carbocycles. The van der Waals surface area contributed by atoms with E-state index >= 15 is 0 Å². The van der Waals surface area contributed by atoms with Crippen molar-refractivity contribution in [1.82, 2.24) is 10.2 Å². The number of aliphatic carboxylic acids is 1. The number of hydrogen-bond donors (Lipinski definition) is 2. The summed E-state index contributed by atoms with van der Waals surface area (Å²) in [6.07, 6.45) is 1.49. The smallest absolute Gasteiger partial charge is 0.407 e. The first-order valence-electron chi connectivity index (χ1n) is 12.2. The molecule has 35 heavy (non-hydrogen) atoms. The SMILES string of the molecule is O=C(O)CC1COCCN1C(=O)[C@H]1CCC[C@H]1NC(=O)OCC1c2ccccc2-c2ccccc21. The number of hydrogen-bond acceptors (Lipinski definition) is 5. The summed E-state index contributed by atoms with van der Waals surface area (Å²) < 4.78 is 11.1. The first-order valence-corrected chi connectivity index (χ1v) is 12.2. The summed E-state index contributed by atoms with van der Waals surface area (Å²) in [6.45, 7) is 1.19. The number of carbonyl (C=O) groups excluding carboxylic acids is 2. The molecule has 0 aromatic heterocycles. The summed E-state index contributed by atoms with van der Waals surface area (Å²) >= 11 is 0. The van der Waals surface area contributed by atoms with Gasteiger partial charge in [-0.2, -0.15) is 0 Å². The van der Waals surface area contributed by atoms with Crippen LogP contribution in [0.5, 0.6) is 0 Å². The van der Waals surface area contributed by atoms with Crippen LogP contribution < -0.4 is 5.32 Å². The molecule has 1 aliphatic heterocycles. The number of nitrogens with one attached hydrogen (secondary N) is 1. The van der Waals surface area contributed by atoms with Crippen LogP contribution in [0.25, 0.3) is 11.1 Å². The molecule has 0 spiro atoms. The summed E-state index contributed by atoms with van der Waals surface area (Å²) in [6, 6.07) is 15.5. The molecule has 8 nitrogen and oxygen atoms in total. The number of morpholine rings is 1. The number of alkyl carbamates (subject to hydrolysis) is 1. The van der Waals surface area contributed by atoms with E-state index in [0.29, 0.717) is 26.0 Å². The third kappa shape index (κ3) is 4.75. The Hall–Kier alpha value is -3.39. The molecule has 2 fully saturated rings. The monoisotopic (exact) mass is 478 g/mol. The maximum absolute atomic E-state index is 13.3. The predicted molar refractivity (Wildman–Crippen MR) is 128 cm³/mol. The summed E-state index contributed by atoms with van der Waals surface area (Å²) in [5.41, 5.74) is 4.62. The second kappa shape index (κ2) is 10.1. The summed E-state index contributed by atoms with van der Waals surface area (Å²) in [4.78, 5) is 38.9. The molecule has 8 heteroatoms. The number of benzene rings is 2. The fourth-order valence-corrected chi connectivity index (χ4v) is 5.75. The van der Waals surface area contributed by atoms with Crippen molar-refractivity contribution in [1.29, 1.82) is 0 Å². The van der Waals surface area contributed by atoms with E-state index in [1.54, 1.807) is 4.90 Å². The van der Waals surface area contributed by atoms with Crippen LogP contribution in [0.1, 0.15) is 42.7 Å². The number of carboxylic acids is 1. The highest BCUT2D eigenvalue weighted by Crippen LogP contribution is 2.44. The van der Waals surface area contributed by atoms with Crippen molar-refractivity contribution >= 4 is 18.0 Å². The van der Waals surface area contributed by atoms with E-state index in [1.165, 1.54) is 11.1 Å². The van der Waals surface area contributed by atoms with Crippen LogP contribution in [0.15, 0.2) is 48.5 Å². The van der Waals surface area contributed by atoms with Gasteiger partial charge in [0.15, 0.2) is 0 Å². The fraction of sp³-hybridized carbons (Fsp3) is 0.444. The number of rotatable bonds is 6. The van der Waals surface area contributed by atoms with E-state index in [0.717, 1.165) is 17.5 Å². The van der Waals surface area contributed by atoms with Crippen molar-refractivity contribution in [2.75, 3.05) is 26.4 Å². The van der Waals surface area contributed by atoms with Gasteiger partial charge in [0, 0.05) is 18.5 Å². The Morgan fingerprint density at radius 3 is 2.40 bits per heavy atom. The van der Waals surface area contributed by atoms with Gasteiger partial charge in [0.05, 0.1) is 31.6 Å². The molecule has 184 valence electrons. The maximum Gasteiger partial charge on any atom is 0.407 e. The quantitative estimate of drug-likeness (QED) is 0.659. The van der Waals surface area contributed by atoms with E-state index in [4.69, 9.17) is 9.47 Å². The highest BCUT2D eigenvalue weighted by molar-refractivity contribution is 5.82. The third-order valence-electron chi connectivity index (χ3n) is 7.40. The van der Waals surface area contributed by atoms with E-state index < -0.39 is 18.1 Å².